The van der Waals surface area contributed by atoms with Crippen molar-refractivity contribution >= 4 is 17.7 Å². The maximum absolute atomic E-state index is 10.7. The van der Waals surface area contributed by atoms with Gasteiger partial charge in [0, 0.05) is 48.9 Å². The van der Waals surface area contributed by atoms with Crippen molar-refractivity contribution in [3.05, 3.63) is 41.5 Å². The van der Waals surface area contributed by atoms with E-state index in [4.69, 9.17) is 0 Å². The first-order valence-electron chi connectivity index (χ1n) is 8.13. The van der Waals surface area contributed by atoms with Crippen LogP contribution in [0.5, 0.6) is 0 Å². The molecule has 0 saturated carbocycles. The molecule has 124 valence electrons. The summed E-state index contributed by atoms with van der Waals surface area (Å²) in [5.41, 5.74) is 5.08. The van der Waals surface area contributed by atoms with Gasteiger partial charge in [-0.05, 0) is 45.3 Å². The minimum Gasteiger partial charge on any atom is -0.387 e. The number of nitrogens with zero attached hydrogens (tertiary/aromatic N) is 2. The van der Waals surface area contributed by atoms with Gasteiger partial charge in [-0.15, -0.1) is 0 Å². The standard InChI is InChI=1S/C18H26N4O/c1-14(22-7-5-4-6-8-22)9-16(11-20-13-23)18-10-17(19-3)12-21-15(18)2/h9-13,19H,4-8H2,1-3H3,(H,20,23)/b14-9+,16-11+. The molecule has 5 heteroatoms. The Labute approximate surface area is 138 Å². The second kappa shape index (κ2) is 8.36. The molecule has 1 aromatic heterocycles. The van der Waals surface area contributed by atoms with E-state index < -0.39 is 0 Å². The fourth-order valence-electron chi connectivity index (χ4n) is 2.85. The zero-order chi connectivity index (χ0) is 16.7. The molecule has 23 heavy (non-hydrogen) atoms. The molecular weight excluding hydrogens is 288 g/mol. The van der Waals surface area contributed by atoms with Gasteiger partial charge in [0.25, 0.3) is 0 Å². The van der Waals surface area contributed by atoms with Gasteiger partial charge in [-0.2, -0.15) is 0 Å². The molecule has 1 amide bonds. The summed E-state index contributed by atoms with van der Waals surface area (Å²) in [4.78, 5) is 17.6. The summed E-state index contributed by atoms with van der Waals surface area (Å²) in [6.07, 6.45) is 10.2. The van der Waals surface area contributed by atoms with Crippen LogP contribution in [0, 0.1) is 6.92 Å². The van der Waals surface area contributed by atoms with E-state index in [1.54, 1.807) is 6.20 Å². The molecule has 1 aliphatic rings. The molecule has 1 aromatic rings. The third-order valence-electron chi connectivity index (χ3n) is 4.21. The number of aromatic nitrogens is 1. The number of allylic oxidation sites excluding steroid dienone is 3. The molecule has 1 aliphatic heterocycles. The molecule has 1 fully saturated rings. The van der Waals surface area contributed by atoms with E-state index in [2.05, 4.69) is 39.6 Å². The van der Waals surface area contributed by atoms with Crippen LogP contribution < -0.4 is 10.6 Å². The Hall–Kier alpha value is -2.30. The lowest BCUT2D eigenvalue weighted by molar-refractivity contribution is -0.108. The van der Waals surface area contributed by atoms with Gasteiger partial charge in [-0.3, -0.25) is 9.78 Å². The van der Waals surface area contributed by atoms with Crippen molar-refractivity contribution in [2.24, 2.45) is 0 Å². The van der Waals surface area contributed by atoms with E-state index in [1.165, 1.54) is 25.0 Å². The average Bonchev–Trinajstić information content (AvgIpc) is 2.59. The number of pyridine rings is 1. The van der Waals surface area contributed by atoms with Gasteiger partial charge in [-0.25, -0.2) is 0 Å². The molecule has 2 heterocycles. The minimum absolute atomic E-state index is 0.689. The fraction of sp³-hybridized carbons (Fsp3) is 0.444. The number of piperidine rings is 1. The lowest BCUT2D eigenvalue weighted by Crippen LogP contribution is -2.28. The topological polar surface area (TPSA) is 57.3 Å². The zero-order valence-electron chi connectivity index (χ0n) is 14.2. The minimum atomic E-state index is 0.689. The number of carbonyl (C=O) groups is 1. The van der Waals surface area contributed by atoms with Crippen LogP contribution in [0.15, 0.2) is 30.2 Å². The van der Waals surface area contributed by atoms with Gasteiger partial charge in [0.1, 0.15) is 0 Å². The van der Waals surface area contributed by atoms with E-state index >= 15 is 0 Å². The third kappa shape index (κ3) is 4.58. The Morgan fingerprint density at radius 1 is 1.30 bits per heavy atom. The van der Waals surface area contributed by atoms with Crippen molar-refractivity contribution in [3.63, 3.8) is 0 Å². The molecule has 0 aliphatic carbocycles. The number of nitrogens with one attached hydrogen (secondary N) is 2. The number of amides is 1. The highest BCUT2D eigenvalue weighted by molar-refractivity contribution is 5.78. The number of aryl methyl sites for hydroxylation is 1. The molecular formula is C18H26N4O. The maximum Gasteiger partial charge on any atom is 0.211 e. The second-order valence-corrected chi connectivity index (χ2v) is 5.82. The van der Waals surface area contributed by atoms with Crippen molar-refractivity contribution in [2.75, 3.05) is 25.5 Å². The molecule has 0 spiro atoms. The highest BCUT2D eigenvalue weighted by atomic mass is 16.1. The van der Waals surface area contributed by atoms with Crippen molar-refractivity contribution in [1.82, 2.24) is 15.2 Å². The maximum atomic E-state index is 10.7. The summed E-state index contributed by atoms with van der Waals surface area (Å²) in [5, 5.41) is 5.78. The summed E-state index contributed by atoms with van der Waals surface area (Å²) in [5.74, 6) is 0. The van der Waals surface area contributed by atoms with Crippen molar-refractivity contribution in [1.29, 1.82) is 0 Å². The monoisotopic (exact) mass is 314 g/mol. The van der Waals surface area contributed by atoms with Crippen LogP contribution in [0.4, 0.5) is 5.69 Å². The van der Waals surface area contributed by atoms with Crippen molar-refractivity contribution in [3.8, 4) is 0 Å². The molecule has 0 unspecified atom stereocenters. The summed E-state index contributed by atoms with van der Waals surface area (Å²) in [6, 6.07) is 2.06. The summed E-state index contributed by atoms with van der Waals surface area (Å²) >= 11 is 0. The van der Waals surface area contributed by atoms with Gasteiger partial charge >= 0.3 is 0 Å². The lowest BCUT2D eigenvalue weighted by Gasteiger charge is -2.29. The van der Waals surface area contributed by atoms with E-state index in [1.807, 2.05) is 20.2 Å². The van der Waals surface area contributed by atoms with Crippen molar-refractivity contribution < 1.29 is 4.79 Å². The van der Waals surface area contributed by atoms with E-state index in [-0.39, 0.29) is 0 Å². The molecule has 0 radical (unpaired) electrons. The number of likely N-dealkylation sites (tertiary alicyclic amines) is 1. The summed E-state index contributed by atoms with van der Waals surface area (Å²) < 4.78 is 0. The molecule has 5 nitrogen and oxygen atoms in total. The van der Waals surface area contributed by atoms with E-state index in [0.717, 1.165) is 35.6 Å². The average molecular weight is 314 g/mol. The largest absolute Gasteiger partial charge is 0.387 e. The molecule has 0 atom stereocenters. The Morgan fingerprint density at radius 3 is 2.70 bits per heavy atom. The Bertz CT molecular complexity index is 601. The fourth-order valence-corrected chi connectivity index (χ4v) is 2.85. The van der Waals surface area contributed by atoms with Gasteiger partial charge in [0.05, 0.1) is 11.9 Å². The highest BCUT2D eigenvalue weighted by Gasteiger charge is 2.12. The van der Waals surface area contributed by atoms with Crippen LogP contribution >= 0.6 is 0 Å². The molecule has 1 saturated heterocycles. The SMILES string of the molecule is CNc1cnc(C)c(C(=C/NC=O)/C=C(\C)N2CCCCC2)c1. The number of rotatable bonds is 6. The Kier molecular flexibility index (Phi) is 6.20. The summed E-state index contributed by atoms with van der Waals surface area (Å²) in [6.45, 7) is 6.31. The van der Waals surface area contributed by atoms with Crippen molar-refractivity contribution in [2.45, 2.75) is 33.1 Å². The smallest absolute Gasteiger partial charge is 0.211 e. The van der Waals surface area contributed by atoms with Crippen LogP contribution in [0.1, 0.15) is 37.4 Å². The van der Waals surface area contributed by atoms with Crippen LogP contribution in [0.25, 0.3) is 5.57 Å². The molecule has 0 bridgehead atoms. The van der Waals surface area contributed by atoms with Crippen LogP contribution in [-0.2, 0) is 4.79 Å². The molecule has 0 aromatic carbocycles. The Morgan fingerprint density at radius 2 is 2.04 bits per heavy atom. The predicted molar refractivity (Wildman–Crippen MR) is 94.9 cm³/mol. The normalized spacial score (nSPS) is 16.2. The first kappa shape index (κ1) is 17.1. The number of hydrogen-bond donors (Lipinski definition) is 2. The van der Waals surface area contributed by atoms with Gasteiger partial charge in [0.15, 0.2) is 0 Å². The van der Waals surface area contributed by atoms with Gasteiger partial charge in [-0.1, -0.05) is 0 Å². The molecule has 2 N–H and O–H groups in total. The summed E-state index contributed by atoms with van der Waals surface area (Å²) in [7, 11) is 1.87. The van der Waals surface area contributed by atoms with Gasteiger partial charge < -0.3 is 15.5 Å². The van der Waals surface area contributed by atoms with E-state index in [9.17, 15) is 4.79 Å². The highest BCUT2D eigenvalue weighted by Crippen LogP contribution is 2.24. The third-order valence-corrected chi connectivity index (χ3v) is 4.21. The van der Waals surface area contributed by atoms with Crippen LogP contribution in [0.2, 0.25) is 0 Å². The van der Waals surface area contributed by atoms with Gasteiger partial charge in [0.2, 0.25) is 6.41 Å². The van der Waals surface area contributed by atoms with Crippen LogP contribution in [0.3, 0.4) is 0 Å². The first-order valence-corrected chi connectivity index (χ1v) is 8.13. The number of hydrogen-bond acceptors (Lipinski definition) is 4. The number of carbonyl (C=O) groups excluding carboxylic acids is 1. The molecule has 2 rings (SSSR count). The lowest BCUT2D eigenvalue weighted by atomic mass is 10.0. The number of anilines is 1. The quantitative estimate of drug-likeness (QED) is 0.626. The second-order valence-electron chi connectivity index (χ2n) is 5.82. The first-order chi connectivity index (χ1) is 11.2. The van der Waals surface area contributed by atoms with E-state index in [0.29, 0.717) is 6.41 Å². The Balaban J connectivity index is 2.35. The van der Waals surface area contributed by atoms with Crippen LogP contribution in [-0.4, -0.2) is 36.4 Å². The predicted octanol–water partition coefficient (Wildman–Crippen LogP) is 2.91. The zero-order valence-corrected chi connectivity index (χ0v) is 14.2.